The summed E-state index contributed by atoms with van der Waals surface area (Å²) in [5.74, 6) is 3.23. The Hall–Kier alpha value is -3.98. The van der Waals surface area contributed by atoms with Crippen molar-refractivity contribution in [1.29, 1.82) is 0 Å². The number of halogens is 2. The lowest BCUT2D eigenvalue weighted by Crippen LogP contribution is -2.40. The van der Waals surface area contributed by atoms with Crippen LogP contribution in [0.1, 0.15) is 47.8 Å². The SMILES string of the molecule is C=CC(=O)N1CC[C@]([Si])(n2nc(C#Cc3c(F)cc4c(ncn4CC)c3F)c(C(N)=O)c2NCC2CC2)C1. The minimum absolute atomic E-state index is 0.00189. The van der Waals surface area contributed by atoms with Gasteiger partial charge in [0.25, 0.3) is 5.91 Å². The Balaban J connectivity index is 1.60. The fourth-order valence-corrected chi connectivity index (χ4v) is 5.14. The number of fused-ring (bicyclic) bond motifs is 1. The molecule has 2 fully saturated rings. The zero-order chi connectivity index (χ0) is 27.2. The molecule has 2 aromatic heterocycles. The van der Waals surface area contributed by atoms with Gasteiger partial charge < -0.3 is 20.5 Å². The second-order valence-electron chi connectivity index (χ2n) is 9.61. The molecule has 0 spiro atoms. The van der Waals surface area contributed by atoms with Gasteiger partial charge in [0, 0.05) is 32.2 Å². The fraction of sp³-hybridized carbons (Fsp3) is 0.385. The Morgan fingerprint density at radius 1 is 1.37 bits per heavy atom. The van der Waals surface area contributed by atoms with E-state index in [0.29, 0.717) is 43.3 Å². The van der Waals surface area contributed by atoms with E-state index in [2.05, 4.69) is 44.1 Å². The molecule has 1 atom stereocenters. The summed E-state index contributed by atoms with van der Waals surface area (Å²) in [6.07, 6.45) is 5.29. The number of rotatable bonds is 7. The van der Waals surface area contributed by atoms with E-state index in [1.807, 2.05) is 6.92 Å². The third-order valence-corrected chi connectivity index (χ3v) is 7.60. The Morgan fingerprint density at radius 2 is 2.13 bits per heavy atom. The van der Waals surface area contributed by atoms with Gasteiger partial charge in [-0.1, -0.05) is 12.5 Å². The average Bonchev–Trinajstić information content (AvgIpc) is 3.30. The van der Waals surface area contributed by atoms with Crippen molar-refractivity contribution >= 4 is 38.9 Å². The first-order chi connectivity index (χ1) is 18.2. The van der Waals surface area contributed by atoms with Gasteiger partial charge in [-0.3, -0.25) is 9.59 Å². The monoisotopic (exact) mass is 534 g/mol. The third kappa shape index (κ3) is 4.47. The molecular weight excluding hydrogens is 508 g/mol. The highest BCUT2D eigenvalue weighted by Crippen LogP contribution is 2.34. The smallest absolute Gasteiger partial charge is 0.255 e. The van der Waals surface area contributed by atoms with Crippen molar-refractivity contribution in [2.24, 2.45) is 11.7 Å². The molecule has 9 nitrogen and oxygen atoms in total. The Labute approximate surface area is 221 Å². The molecule has 1 aromatic carbocycles. The molecule has 3 aromatic rings. The number of hydrogen-bond acceptors (Lipinski definition) is 5. The van der Waals surface area contributed by atoms with Crippen LogP contribution in [0.15, 0.2) is 25.0 Å². The van der Waals surface area contributed by atoms with E-state index < -0.39 is 28.3 Å². The van der Waals surface area contributed by atoms with E-state index in [9.17, 15) is 14.0 Å². The van der Waals surface area contributed by atoms with Crippen molar-refractivity contribution in [3.05, 3.63) is 53.5 Å². The molecule has 1 aliphatic carbocycles. The number of primary amides is 1. The van der Waals surface area contributed by atoms with E-state index in [0.717, 1.165) is 12.8 Å². The maximum atomic E-state index is 15.2. The summed E-state index contributed by atoms with van der Waals surface area (Å²) < 4.78 is 33.3. The van der Waals surface area contributed by atoms with E-state index in [4.69, 9.17) is 5.73 Å². The number of imidazole rings is 1. The summed E-state index contributed by atoms with van der Waals surface area (Å²) >= 11 is 0. The number of aromatic nitrogens is 4. The van der Waals surface area contributed by atoms with Crippen LogP contribution in [0.3, 0.4) is 0 Å². The second-order valence-corrected chi connectivity index (χ2v) is 10.5. The van der Waals surface area contributed by atoms with Gasteiger partial charge in [-0.15, -0.1) is 0 Å². The predicted octanol–water partition coefficient (Wildman–Crippen LogP) is 2.09. The van der Waals surface area contributed by atoms with Crippen molar-refractivity contribution < 1.29 is 18.4 Å². The summed E-state index contributed by atoms with van der Waals surface area (Å²) in [5.41, 5.74) is 5.59. The summed E-state index contributed by atoms with van der Waals surface area (Å²) in [5, 5.41) is 6.97. The van der Waals surface area contributed by atoms with Crippen molar-refractivity contribution in [3.63, 3.8) is 0 Å². The molecule has 3 heterocycles. The normalized spacial score (nSPS) is 18.9. The van der Waals surface area contributed by atoms with Gasteiger partial charge in [-0.2, -0.15) is 5.10 Å². The first-order valence-corrected chi connectivity index (χ1v) is 12.8. The Bertz CT molecular complexity index is 1530. The van der Waals surface area contributed by atoms with Gasteiger partial charge in [-0.05, 0) is 44.1 Å². The lowest BCUT2D eigenvalue weighted by molar-refractivity contribution is -0.125. The van der Waals surface area contributed by atoms with Crippen LogP contribution >= 0.6 is 0 Å². The summed E-state index contributed by atoms with van der Waals surface area (Å²) in [6.45, 7) is 7.16. The first-order valence-electron chi connectivity index (χ1n) is 12.3. The molecule has 3 radical (unpaired) electrons. The van der Waals surface area contributed by atoms with E-state index >= 15 is 4.39 Å². The average molecular weight is 535 g/mol. The molecule has 38 heavy (non-hydrogen) atoms. The molecule has 1 aliphatic heterocycles. The zero-order valence-corrected chi connectivity index (χ0v) is 21.9. The molecule has 0 unspecified atom stereocenters. The van der Waals surface area contributed by atoms with Crippen molar-refractivity contribution in [2.75, 3.05) is 25.0 Å². The third-order valence-electron chi connectivity index (χ3n) is 6.98. The van der Waals surface area contributed by atoms with E-state index in [1.165, 1.54) is 18.5 Å². The number of likely N-dealkylation sites (tertiary alicyclic amines) is 1. The summed E-state index contributed by atoms with van der Waals surface area (Å²) in [6, 6.07) is 1.19. The maximum Gasteiger partial charge on any atom is 0.255 e. The van der Waals surface area contributed by atoms with Gasteiger partial charge in [0.15, 0.2) is 11.5 Å². The van der Waals surface area contributed by atoms with Crippen LogP contribution < -0.4 is 11.1 Å². The molecule has 3 N–H and O–H groups in total. The van der Waals surface area contributed by atoms with E-state index in [1.54, 1.807) is 14.1 Å². The van der Waals surface area contributed by atoms with Crippen LogP contribution in [0.25, 0.3) is 11.0 Å². The van der Waals surface area contributed by atoms with Crippen molar-refractivity contribution in [2.45, 2.75) is 37.9 Å². The lowest BCUT2D eigenvalue weighted by atomic mass is 10.1. The van der Waals surface area contributed by atoms with Crippen LogP contribution in [0.5, 0.6) is 0 Å². The number of carbonyl (C=O) groups is 2. The minimum atomic E-state index is -0.891. The highest BCUT2D eigenvalue weighted by molar-refractivity contribution is 6.15. The summed E-state index contributed by atoms with van der Waals surface area (Å²) in [7, 11) is 3.79. The molecular formula is C26H26F2N7O2Si. The summed E-state index contributed by atoms with van der Waals surface area (Å²) in [4.78, 5) is 30.5. The topological polar surface area (TPSA) is 111 Å². The number of nitrogens with one attached hydrogen (secondary N) is 1. The number of amides is 2. The molecule has 2 amide bonds. The van der Waals surface area contributed by atoms with Crippen LogP contribution in [-0.2, 0) is 16.5 Å². The highest BCUT2D eigenvalue weighted by atomic mass is 28.1. The van der Waals surface area contributed by atoms with Gasteiger partial charge in [0.1, 0.15) is 22.7 Å². The number of carbonyl (C=O) groups excluding carboxylic acids is 2. The molecule has 2 aliphatic rings. The molecule has 1 saturated carbocycles. The number of benzene rings is 1. The fourth-order valence-electron chi connectivity index (χ4n) is 4.67. The van der Waals surface area contributed by atoms with Crippen molar-refractivity contribution in [3.8, 4) is 11.8 Å². The van der Waals surface area contributed by atoms with Crippen LogP contribution in [0, 0.1) is 29.4 Å². The Kier molecular flexibility index (Phi) is 6.56. The van der Waals surface area contributed by atoms with Crippen molar-refractivity contribution in [1.82, 2.24) is 24.2 Å². The standard InChI is InChI=1S/C26H26F2N7O2Si/c1-3-20(36)34-10-9-26(38,13-34)35-25(30-12-15-5-6-15)21(24(29)37)18(32-35)8-7-16-17(27)11-19-23(22(16)28)31-14-33(19)4-2/h3,11,14-15,30H,1,4-6,9-10,12-13H2,2H3,(H2,29,37)/t26-/m1/s1. The molecule has 0 bridgehead atoms. The number of nitrogens with two attached hydrogens (primary N) is 1. The largest absolute Gasteiger partial charge is 0.369 e. The number of hydrogen-bond donors (Lipinski definition) is 2. The van der Waals surface area contributed by atoms with Crippen LogP contribution in [0.2, 0.25) is 0 Å². The number of aryl methyl sites for hydroxylation is 1. The molecule has 12 heteroatoms. The first kappa shape index (κ1) is 25.7. The molecule has 5 rings (SSSR count). The maximum absolute atomic E-state index is 15.2. The highest BCUT2D eigenvalue weighted by Gasteiger charge is 2.41. The molecule has 1 saturated heterocycles. The minimum Gasteiger partial charge on any atom is -0.369 e. The number of anilines is 1. The predicted molar refractivity (Wildman–Crippen MR) is 138 cm³/mol. The van der Waals surface area contributed by atoms with Gasteiger partial charge in [0.2, 0.25) is 5.91 Å². The zero-order valence-electron chi connectivity index (χ0n) is 20.9. The van der Waals surface area contributed by atoms with E-state index in [-0.39, 0.29) is 29.2 Å². The van der Waals surface area contributed by atoms with Gasteiger partial charge in [0.05, 0.1) is 32.8 Å². The van der Waals surface area contributed by atoms with Crippen LogP contribution in [0.4, 0.5) is 14.6 Å². The van der Waals surface area contributed by atoms with Crippen LogP contribution in [-0.4, -0.2) is 65.9 Å². The lowest BCUT2D eigenvalue weighted by Gasteiger charge is -2.27. The van der Waals surface area contributed by atoms with Gasteiger partial charge >= 0.3 is 0 Å². The second kappa shape index (κ2) is 9.72. The quantitative estimate of drug-likeness (QED) is 0.274. The Morgan fingerprint density at radius 3 is 2.79 bits per heavy atom. The van der Waals surface area contributed by atoms with Gasteiger partial charge in [-0.25, -0.2) is 18.4 Å². The number of nitrogens with zero attached hydrogens (tertiary/aromatic N) is 5. The molecule has 195 valence electrons.